The molecule has 0 amide bonds. The van der Waals surface area contributed by atoms with Crippen LogP contribution in [0.15, 0.2) is 66.7 Å². The van der Waals surface area contributed by atoms with Crippen LogP contribution < -0.4 is 15.9 Å². The highest BCUT2D eigenvalue weighted by Crippen LogP contribution is 2.43. The number of carbonyl (C=O) groups excluding carboxylic acids is 4. The third-order valence-corrected chi connectivity index (χ3v) is 8.14. The van der Waals surface area contributed by atoms with Gasteiger partial charge in [-0.05, 0) is 36.4 Å². The zero-order valence-electron chi connectivity index (χ0n) is 15.2. The van der Waals surface area contributed by atoms with Gasteiger partial charge in [0.1, 0.15) is 0 Å². The van der Waals surface area contributed by atoms with Crippen molar-refractivity contribution in [3.05, 3.63) is 89.0 Å². The maximum Gasteiger partial charge on any atom is 0.346 e. The lowest BCUT2D eigenvalue weighted by molar-refractivity contribution is 0.0425. The number of carbonyl (C=O) groups is 4. The van der Waals surface area contributed by atoms with E-state index in [1.807, 2.05) is 0 Å². The molecule has 0 saturated heterocycles. The second kappa shape index (κ2) is 6.34. The fourth-order valence-corrected chi connectivity index (χ4v) is 6.30. The van der Waals surface area contributed by atoms with E-state index in [0.717, 1.165) is 0 Å². The number of esters is 4. The highest BCUT2D eigenvalue weighted by molar-refractivity contribution is 7.85. The first-order valence-electron chi connectivity index (χ1n) is 8.87. The third-order valence-electron chi connectivity index (χ3n) is 5.10. The van der Waals surface area contributed by atoms with Crippen molar-refractivity contribution in [2.45, 2.75) is 0 Å². The molecule has 7 nitrogen and oxygen atoms in total. The van der Waals surface area contributed by atoms with Gasteiger partial charge in [0, 0.05) is 15.9 Å². The summed E-state index contributed by atoms with van der Waals surface area (Å²) in [7, 11) is -3.57. The number of hydrogen-bond donors (Lipinski definition) is 0. The third kappa shape index (κ3) is 2.49. The second-order valence-electron chi connectivity index (χ2n) is 6.76. The van der Waals surface area contributed by atoms with Crippen LogP contribution in [0.1, 0.15) is 41.4 Å². The van der Waals surface area contributed by atoms with Gasteiger partial charge in [-0.15, -0.1) is 0 Å². The van der Waals surface area contributed by atoms with Crippen molar-refractivity contribution >= 4 is 46.9 Å². The monoisotopic (exact) mass is 418 g/mol. The molecule has 0 unspecified atom stereocenters. The number of benzene rings is 3. The van der Waals surface area contributed by atoms with E-state index < -0.39 is 31.0 Å². The molecule has 8 heteroatoms. The van der Waals surface area contributed by atoms with Crippen LogP contribution in [0.5, 0.6) is 0 Å². The van der Waals surface area contributed by atoms with Crippen LogP contribution >= 0.6 is 7.14 Å². The Morgan fingerprint density at radius 1 is 0.500 bits per heavy atom. The Morgan fingerprint density at radius 3 is 1.40 bits per heavy atom. The Kier molecular flexibility index (Phi) is 3.85. The average Bonchev–Trinajstić information content (AvgIpc) is 3.22. The molecule has 30 heavy (non-hydrogen) atoms. The number of rotatable bonds is 3. The maximum absolute atomic E-state index is 14.5. The van der Waals surface area contributed by atoms with Gasteiger partial charge in [-0.1, -0.05) is 30.3 Å². The van der Waals surface area contributed by atoms with Gasteiger partial charge in [-0.2, -0.15) is 0 Å². The fourth-order valence-electron chi connectivity index (χ4n) is 3.62. The Labute approximate surface area is 169 Å². The number of hydrogen-bond acceptors (Lipinski definition) is 7. The summed E-state index contributed by atoms with van der Waals surface area (Å²) in [5.74, 6) is -3.12. The summed E-state index contributed by atoms with van der Waals surface area (Å²) in [5.41, 5.74) is 0.270. The molecule has 3 aromatic rings. The first-order valence-corrected chi connectivity index (χ1v) is 10.6. The van der Waals surface area contributed by atoms with Crippen LogP contribution in [0.4, 0.5) is 0 Å². The van der Waals surface area contributed by atoms with Crippen molar-refractivity contribution in [1.82, 2.24) is 0 Å². The SMILES string of the molecule is O=C1OC(=O)c2cc(P(=O)(c3ccccc3)c3ccc4c(c3)C(=O)OC4=O)ccc21. The first kappa shape index (κ1) is 18.2. The van der Waals surface area contributed by atoms with E-state index in [4.69, 9.17) is 0 Å². The Balaban J connectivity index is 1.77. The normalized spacial score (nSPS) is 14.9. The predicted octanol–water partition coefficient (Wildman–Crippen LogP) is 1.95. The molecular formula is C22H11O7P. The first-order chi connectivity index (χ1) is 14.4. The standard InChI is InChI=1S/C22H11O7P/c23-19-15-8-6-13(10-17(15)21(25)28-19)30(27,12-4-2-1-3-5-12)14-7-9-16-18(11-14)22(26)29-20(16)24/h1-11H. The molecule has 0 radical (unpaired) electrons. The molecule has 0 N–H and O–H groups in total. The zero-order valence-corrected chi connectivity index (χ0v) is 16.1. The minimum Gasteiger partial charge on any atom is -0.386 e. The molecule has 2 heterocycles. The molecule has 3 aromatic carbocycles. The second-order valence-corrected chi connectivity index (χ2v) is 9.53. The van der Waals surface area contributed by atoms with Gasteiger partial charge in [0.05, 0.1) is 22.3 Å². The predicted molar refractivity (Wildman–Crippen MR) is 105 cm³/mol. The van der Waals surface area contributed by atoms with Gasteiger partial charge < -0.3 is 14.0 Å². The van der Waals surface area contributed by atoms with Gasteiger partial charge >= 0.3 is 23.9 Å². The van der Waals surface area contributed by atoms with E-state index in [0.29, 0.717) is 5.30 Å². The molecule has 0 aliphatic carbocycles. The van der Waals surface area contributed by atoms with Gasteiger partial charge in [0.2, 0.25) is 0 Å². The molecule has 2 aliphatic heterocycles. The zero-order chi connectivity index (χ0) is 21.0. The molecule has 0 bridgehead atoms. The van der Waals surface area contributed by atoms with Crippen LogP contribution in [0.2, 0.25) is 0 Å². The van der Waals surface area contributed by atoms with Crippen LogP contribution in [-0.4, -0.2) is 23.9 Å². The highest BCUT2D eigenvalue weighted by Gasteiger charge is 2.37. The highest BCUT2D eigenvalue weighted by atomic mass is 31.2. The molecule has 146 valence electrons. The van der Waals surface area contributed by atoms with E-state index in [1.165, 1.54) is 36.4 Å². The van der Waals surface area contributed by atoms with Crippen LogP contribution in [0, 0.1) is 0 Å². The van der Waals surface area contributed by atoms with Gasteiger partial charge in [-0.3, -0.25) is 0 Å². The Morgan fingerprint density at radius 2 is 0.933 bits per heavy atom. The van der Waals surface area contributed by atoms with Crippen molar-refractivity contribution < 1.29 is 33.2 Å². The van der Waals surface area contributed by atoms with E-state index in [1.54, 1.807) is 30.3 Å². The van der Waals surface area contributed by atoms with E-state index in [9.17, 15) is 23.7 Å². The van der Waals surface area contributed by atoms with Gasteiger partial charge in [0.25, 0.3) is 0 Å². The molecule has 0 spiro atoms. The lowest BCUT2D eigenvalue weighted by Crippen LogP contribution is -2.26. The molecule has 0 saturated carbocycles. The number of cyclic esters (lactones) is 4. The topological polar surface area (TPSA) is 104 Å². The van der Waals surface area contributed by atoms with Crippen LogP contribution in [-0.2, 0) is 14.0 Å². The van der Waals surface area contributed by atoms with Crippen molar-refractivity contribution in [2.24, 2.45) is 0 Å². The van der Waals surface area contributed by atoms with Crippen LogP contribution in [0.3, 0.4) is 0 Å². The molecule has 0 fully saturated rings. The summed E-state index contributed by atoms with van der Waals surface area (Å²) in [4.78, 5) is 47.6. The van der Waals surface area contributed by atoms with Crippen molar-refractivity contribution in [3.63, 3.8) is 0 Å². The summed E-state index contributed by atoms with van der Waals surface area (Å²) >= 11 is 0. The van der Waals surface area contributed by atoms with E-state index in [2.05, 4.69) is 9.47 Å². The number of fused-ring (bicyclic) bond motifs is 2. The Hall–Kier alpha value is -3.83. The molecule has 2 aliphatic rings. The smallest absolute Gasteiger partial charge is 0.346 e. The molecule has 0 aromatic heterocycles. The fraction of sp³-hybridized carbons (Fsp3) is 0. The van der Waals surface area contributed by atoms with Crippen molar-refractivity contribution in [2.75, 3.05) is 0 Å². The Bertz CT molecular complexity index is 1260. The average molecular weight is 418 g/mol. The van der Waals surface area contributed by atoms with Crippen molar-refractivity contribution in [3.8, 4) is 0 Å². The number of ether oxygens (including phenoxy) is 2. The van der Waals surface area contributed by atoms with Gasteiger partial charge in [0.15, 0.2) is 7.14 Å². The molecule has 5 rings (SSSR count). The summed E-state index contributed by atoms with van der Waals surface area (Å²) in [6.07, 6.45) is 0. The summed E-state index contributed by atoms with van der Waals surface area (Å²) < 4.78 is 23.8. The largest absolute Gasteiger partial charge is 0.386 e. The maximum atomic E-state index is 14.5. The van der Waals surface area contributed by atoms with Gasteiger partial charge in [-0.25, -0.2) is 19.2 Å². The summed E-state index contributed by atoms with van der Waals surface area (Å²) in [6.45, 7) is 0. The lowest BCUT2D eigenvalue weighted by Gasteiger charge is -2.20. The van der Waals surface area contributed by atoms with E-state index >= 15 is 0 Å². The van der Waals surface area contributed by atoms with Crippen molar-refractivity contribution in [1.29, 1.82) is 0 Å². The quantitative estimate of drug-likeness (QED) is 0.364. The minimum absolute atomic E-state index is 0.0319. The summed E-state index contributed by atoms with van der Waals surface area (Å²) in [5, 5.41) is 1.04. The summed E-state index contributed by atoms with van der Waals surface area (Å²) in [6, 6.07) is 17.1. The lowest BCUT2D eigenvalue weighted by atomic mass is 10.1. The van der Waals surface area contributed by atoms with Crippen LogP contribution in [0.25, 0.3) is 0 Å². The molecular weight excluding hydrogens is 407 g/mol. The minimum atomic E-state index is -3.57. The molecule has 0 atom stereocenters. The van der Waals surface area contributed by atoms with E-state index in [-0.39, 0.29) is 32.9 Å².